The van der Waals surface area contributed by atoms with E-state index in [1.165, 1.54) is 22.6 Å². The molecule has 7 nitrogen and oxygen atoms in total. The average molecular weight is 420 g/mol. The molecule has 0 atom stereocenters. The van der Waals surface area contributed by atoms with Crippen molar-refractivity contribution >= 4 is 26.8 Å². The van der Waals surface area contributed by atoms with E-state index >= 15 is 0 Å². The Hall–Kier alpha value is -2.19. The van der Waals surface area contributed by atoms with Gasteiger partial charge < -0.3 is 10.3 Å². The van der Waals surface area contributed by atoms with E-state index in [1.807, 2.05) is 0 Å². The lowest BCUT2D eigenvalue weighted by atomic mass is 10.0. The number of benzene rings is 1. The number of aromatic amines is 1. The summed E-state index contributed by atoms with van der Waals surface area (Å²) in [5.74, 6) is 0.500. The van der Waals surface area contributed by atoms with E-state index in [0.29, 0.717) is 37.0 Å². The Balaban J connectivity index is 1.91. The van der Waals surface area contributed by atoms with Crippen LogP contribution in [0.2, 0.25) is 0 Å². The minimum absolute atomic E-state index is 0.0115. The number of sulfonamides is 1. The fourth-order valence-corrected chi connectivity index (χ4v) is 4.97. The van der Waals surface area contributed by atoms with Gasteiger partial charge in [-0.25, -0.2) is 8.42 Å². The van der Waals surface area contributed by atoms with Gasteiger partial charge >= 0.3 is 0 Å². The minimum atomic E-state index is -3.67. The number of carbonyl (C=O) groups excluding carboxylic acids is 1. The van der Waals surface area contributed by atoms with Crippen LogP contribution in [0.5, 0.6) is 0 Å². The first kappa shape index (κ1) is 21.5. The number of amides is 1. The highest BCUT2D eigenvalue weighted by molar-refractivity contribution is 7.89. The lowest BCUT2D eigenvalue weighted by Gasteiger charge is -2.29. The number of fused-ring (bicyclic) bond motifs is 1. The molecular weight excluding hydrogens is 390 g/mol. The van der Waals surface area contributed by atoms with Crippen LogP contribution in [-0.2, 0) is 10.0 Å². The third-order valence-corrected chi connectivity index (χ3v) is 7.38. The molecule has 0 spiro atoms. The van der Waals surface area contributed by atoms with E-state index in [4.69, 9.17) is 0 Å². The van der Waals surface area contributed by atoms with E-state index in [-0.39, 0.29) is 15.8 Å². The summed E-state index contributed by atoms with van der Waals surface area (Å²) in [4.78, 5) is 28.3. The number of aromatic nitrogens is 1. The standard InChI is InChI=1S/C21H29N3O4S/c1-14(2)6-9-22-21(26)18-13-23-19-5-4-16(12-17(19)20(18)25)29(27,28)24-10-7-15(3)8-11-24/h4-5,12-15H,6-11H2,1-3H3,(H,22,26)(H,23,25). The fraction of sp³-hybridized carbons (Fsp3) is 0.524. The van der Waals surface area contributed by atoms with Gasteiger partial charge in [0.25, 0.3) is 5.91 Å². The zero-order valence-corrected chi connectivity index (χ0v) is 18.0. The number of H-pyrrole nitrogens is 1. The molecule has 1 aromatic carbocycles. The highest BCUT2D eigenvalue weighted by Gasteiger charge is 2.28. The lowest BCUT2D eigenvalue weighted by Crippen LogP contribution is -2.37. The third kappa shape index (κ3) is 4.70. The lowest BCUT2D eigenvalue weighted by molar-refractivity contribution is 0.0951. The van der Waals surface area contributed by atoms with Gasteiger partial charge in [-0.15, -0.1) is 0 Å². The molecular formula is C21H29N3O4S. The first-order valence-electron chi connectivity index (χ1n) is 10.1. The van der Waals surface area contributed by atoms with Crippen molar-refractivity contribution in [2.75, 3.05) is 19.6 Å². The molecule has 0 aliphatic carbocycles. The van der Waals surface area contributed by atoms with Crippen LogP contribution in [0, 0.1) is 11.8 Å². The Bertz CT molecular complexity index is 1050. The minimum Gasteiger partial charge on any atom is -0.360 e. The van der Waals surface area contributed by atoms with Gasteiger partial charge in [-0.05, 0) is 49.3 Å². The monoisotopic (exact) mass is 419 g/mol. The number of hydrogen-bond donors (Lipinski definition) is 2. The SMILES string of the molecule is CC(C)CCNC(=O)c1c[nH]c2ccc(S(=O)(=O)N3CCC(C)CC3)cc2c1=O. The third-order valence-electron chi connectivity index (χ3n) is 5.48. The predicted molar refractivity (Wildman–Crippen MR) is 114 cm³/mol. The van der Waals surface area contributed by atoms with Crippen LogP contribution in [0.3, 0.4) is 0 Å². The summed E-state index contributed by atoms with van der Waals surface area (Å²) in [6, 6.07) is 4.47. The van der Waals surface area contributed by atoms with Crippen LogP contribution in [0.1, 0.15) is 50.4 Å². The van der Waals surface area contributed by atoms with Crippen molar-refractivity contribution in [3.63, 3.8) is 0 Å². The maximum absolute atomic E-state index is 13.0. The second-order valence-corrected chi connectivity index (χ2v) is 10.2. The van der Waals surface area contributed by atoms with Crippen molar-refractivity contribution in [3.8, 4) is 0 Å². The van der Waals surface area contributed by atoms with Gasteiger partial charge in [-0.3, -0.25) is 9.59 Å². The molecule has 0 bridgehead atoms. The zero-order chi connectivity index (χ0) is 21.2. The van der Waals surface area contributed by atoms with E-state index in [0.717, 1.165) is 19.3 Å². The quantitative estimate of drug-likeness (QED) is 0.752. The molecule has 29 heavy (non-hydrogen) atoms. The largest absolute Gasteiger partial charge is 0.360 e. The van der Waals surface area contributed by atoms with Crippen LogP contribution < -0.4 is 10.7 Å². The highest BCUT2D eigenvalue weighted by Crippen LogP contribution is 2.24. The van der Waals surface area contributed by atoms with Crippen molar-refractivity contribution in [3.05, 3.63) is 40.2 Å². The maximum atomic E-state index is 13.0. The molecule has 1 aliphatic heterocycles. The van der Waals surface area contributed by atoms with Crippen molar-refractivity contribution < 1.29 is 13.2 Å². The van der Waals surface area contributed by atoms with Crippen LogP contribution in [-0.4, -0.2) is 43.2 Å². The Morgan fingerprint density at radius 1 is 1.28 bits per heavy atom. The van der Waals surface area contributed by atoms with Crippen molar-refractivity contribution in [2.24, 2.45) is 11.8 Å². The molecule has 2 aromatic rings. The average Bonchev–Trinajstić information content (AvgIpc) is 2.68. The van der Waals surface area contributed by atoms with Gasteiger partial charge in [0.15, 0.2) is 0 Å². The smallest absolute Gasteiger partial charge is 0.256 e. The number of pyridine rings is 1. The number of piperidine rings is 1. The number of nitrogens with zero attached hydrogens (tertiary/aromatic N) is 1. The Morgan fingerprint density at radius 3 is 2.62 bits per heavy atom. The van der Waals surface area contributed by atoms with E-state index in [9.17, 15) is 18.0 Å². The Morgan fingerprint density at radius 2 is 1.97 bits per heavy atom. The van der Waals surface area contributed by atoms with Gasteiger partial charge in [0, 0.05) is 36.7 Å². The Labute approximate surface area is 171 Å². The summed E-state index contributed by atoms with van der Waals surface area (Å²) in [7, 11) is -3.67. The van der Waals surface area contributed by atoms with Crippen molar-refractivity contribution in [1.29, 1.82) is 0 Å². The molecule has 0 saturated carbocycles. The molecule has 1 aromatic heterocycles. The zero-order valence-electron chi connectivity index (χ0n) is 17.2. The summed E-state index contributed by atoms with van der Waals surface area (Å²) in [6.45, 7) is 7.68. The molecule has 1 amide bonds. The fourth-order valence-electron chi connectivity index (χ4n) is 3.47. The van der Waals surface area contributed by atoms with Gasteiger partial charge in [-0.1, -0.05) is 20.8 Å². The number of carbonyl (C=O) groups is 1. The van der Waals surface area contributed by atoms with E-state index < -0.39 is 21.4 Å². The van der Waals surface area contributed by atoms with Crippen LogP contribution in [0.15, 0.2) is 34.1 Å². The second-order valence-electron chi connectivity index (χ2n) is 8.26. The normalized spacial score (nSPS) is 16.4. The molecule has 1 aliphatic rings. The van der Waals surface area contributed by atoms with Gasteiger partial charge in [0.2, 0.25) is 15.5 Å². The molecule has 0 radical (unpaired) electrons. The van der Waals surface area contributed by atoms with Crippen LogP contribution in [0.4, 0.5) is 0 Å². The molecule has 3 rings (SSSR count). The molecule has 1 saturated heterocycles. The molecule has 2 N–H and O–H groups in total. The summed E-state index contributed by atoms with van der Waals surface area (Å²) in [6.07, 6.45) is 3.85. The topological polar surface area (TPSA) is 99.3 Å². The molecule has 0 unspecified atom stereocenters. The number of nitrogens with one attached hydrogen (secondary N) is 2. The summed E-state index contributed by atoms with van der Waals surface area (Å²) in [5.41, 5.74) is 0.0210. The van der Waals surface area contributed by atoms with Crippen LogP contribution >= 0.6 is 0 Å². The first-order chi connectivity index (χ1) is 13.7. The summed E-state index contributed by atoms with van der Waals surface area (Å²) >= 11 is 0. The molecule has 1 fully saturated rings. The summed E-state index contributed by atoms with van der Waals surface area (Å²) in [5, 5.41) is 2.95. The predicted octanol–water partition coefficient (Wildman–Crippen LogP) is 2.72. The highest BCUT2D eigenvalue weighted by atomic mass is 32.2. The first-order valence-corrected chi connectivity index (χ1v) is 11.6. The molecule has 2 heterocycles. The van der Waals surface area contributed by atoms with Gasteiger partial charge in [0.05, 0.1) is 4.90 Å². The van der Waals surface area contributed by atoms with Gasteiger partial charge in [-0.2, -0.15) is 4.31 Å². The summed E-state index contributed by atoms with van der Waals surface area (Å²) < 4.78 is 27.5. The molecule has 158 valence electrons. The maximum Gasteiger partial charge on any atom is 0.256 e. The molecule has 8 heteroatoms. The van der Waals surface area contributed by atoms with Crippen LogP contribution in [0.25, 0.3) is 10.9 Å². The van der Waals surface area contributed by atoms with Crippen molar-refractivity contribution in [2.45, 2.75) is 44.9 Å². The number of hydrogen-bond acceptors (Lipinski definition) is 4. The van der Waals surface area contributed by atoms with E-state index in [1.54, 1.807) is 6.07 Å². The van der Waals surface area contributed by atoms with Crippen molar-refractivity contribution in [1.82, 2.24) is 14.6 Å². The Kier molecular flexibility index (Phi) is 6.43. The van der Waals surface area contributed by atoms with Gasteiger partial charge in [0.1, 0.15) is 5.56 Å². The van der Waals surface area contributed by atoms with E-state index in [2.05, 4.69) is 31.1 Å². The second kappa shape index (κ2) is 8.67. The number of rotatable bonds is 6.